The summed E-state index contributed by atoms with van der Waals surface area (Å²) in [6, 6.07) is 0. The van der Waals surface area contributed by atoms with Crippen LogP contribution < -0.4 is 0 Å². The van der Waals surface area contributed by atoms with Crippen LogP contribution in [-0.4, -0.2) is 61.6 Å². The van der Waals surface area contributed by atoms with Gasteiger partial charge in [-0.3, -0.25) is 0 Å². The maximum absolute atomic E-state index is 9.79. The van der Waals surface area contributed by atoms with Crippen molar-refractivity contribution in [2.24, 2.45) is 10.8 Å². The zero-order valence-electron chi connectivity index (χ0n) is 15.4. The van der Waals surface area contributed by atoms with Crippen LogP contribution in [-0.2, 0) is 9.47 Å². The second kappa shape index (κ2) is 13.1. The third-order valence-corrected chi connectivity index (χ3v) is 5.07. The smallest absolute Gasteiger partial charge is 0.0536 e. The molecular weight excluding hydrogens is 296 g/mol. The van der Waals surface area contributed by atoms with Crippen LogP contribution in [0.4, 0.5) is 0 Å². The molecule has 0 aliphatic rings. The third kappa shape index (κ3) is 7.48. The van der Waals surface area contributed by atoms with Crippen molar-refractivity contribution in [2.45, 2.75) is 59.3 Å². The first-order valence-electron chi connectivity index (χ1n) is 9.04. The lowest BCUT2D eigenvalue weighted by molar-refractivity contribution is -0.109. The lowest BCUT2D eigenvalue weighted by Gasteiger charge is -2.46. The molecule has 0 radical (unpaired) electrons. The fraction of sp³-hybridized carbons (Fsp3) is 1.00. The summed E-state index contributed by atoms with van der Waals surface area (Å²) in [6.45, 7) is 8.07. The molecule has 0 aliphatic heterocycles. The summed E-state index contributed by atoms with van der Waals surface area (Å²) in [7, 11) is 0. The van der Waals surface area contributed by atoms with Crippen LogP contribution in [0.5, 0.6) is 0 Å². The minimum absolute atomic E-state index is 0.250. The largest absolute Gasteiger partial charge is 0.396 e. The Morgan fingerprint density at radius 3 is 1.39 bits per heavy atom. The van der Waals surface area contributed by atoms with Crippen molar-refractivity contribution in [3.05, 3.63) is 0 Å². The van der Waals surface area contributed by atoms with Crippen LogP contribution in [0.25, 0.3) is 0 Å². The van der Waals surface area contributed by atoms with E-state index < -0.39 is 10.8 Å². The summed E-state index contributed by atoms with van der Waals surface area (Å²) in [5.41, 5.74) is -1.36. The second-order valence-corrected chi connectivity index (χ2v) is 6.75. The number of unbranched alkanes of at least 4 members (excludes halogenated alkanes) is 2. The number of hydrogen-bond acceptors (Lipinski definition) is 5. The minimum atomic E-state index is -0.921. The Kier molecular flexibility index (Phi) is 13.0. The van der Waals surface area contributed by atoms with Crippen molar-refractivity contribution in [3.8, 4) is 0 Å². The molecule has 0 rings (SSSR count). The summed E-state index contributed by atoms with van der Waals surface area (Å²) < 4.78 is 11.3. The van der Waals surface area contributed by atoms with Gasteiger partial charge in [-0.1, -0.05) is 33.6 Å². The number of aliphatic hydroxyl groups excluding tert-OH is 3. The average molecular weight is 334 g/mol. The van der Waals surface area contributed by atoms with Crippen LogP contribution in [0.3, 0.4) is 0 Å². The Morgan fingerprint density at radius 2 is 1.09 bits per heavy atom. The van der Waals surface area contributed by atoms with E-state index in [1.165, 1.54) is 0 Å². The van der Waals surface area contributed by atoms with E-state index in [4.69, 9.17) is 9.47 Å². The molecule has 0 aliphatic carbocycles. The molecule has 0 bridgehead atoms. The Labute approximate surface area is 142 Å². The normalized spacial score (nSPS) is 12.8. The van der Waals surface area contributed by atoms with Crippen LogP contribution in [0.15, 0.2) is 0 Å². The molecule has 5 nitrogen and oxygen atoms in total. The van der Waals surface area contributed by atoms with Gasteiger partial charge in [-0.05, 0) is 31.1 Å². The molecule has 140 valence electrons. The fourth-order valence-corrected chi connectivity index (χ4v) is 2.67. The standard InChI is InChI=1S/C18H38O5/c1-4-6-10-22-12-8-17(3,9-13-23-11-7-5-2)18(14-19,15-20)16-21/h19-21H,4-16H2,1-3H3. The molecular formula is C18H38O5. The molecule has 0 aromatic heterocycles. The van der Waals surface area contributed by atoms with Gasteiger partial charge >= 0.3 is 0 Å². The zero-order valence-corrected chi connectivity index (χ0v) is 15.4. The maximum Gasteiger partial charge on any atom is 0.0536 e. The lowest BCUT2D eigenvalue weighted by atomic mass is 9.62. The molecule has 0 atom stereocenters. The molecule has 0 saturated heterocycles. The van der Waals surface area contributed by atoms with E-state index in [2.05, 4.69) is 13.8 Å². The van der Waals surface area contributed by atoms with Gasteiger partial charge in [-0.15, -0.1) is 0 Å². The SMILES string of the molecule is CCCCOCCC(C)(CCOCCCC)C(CO)(CO)CO. The Balaban J connectivity index is 4.68. The average Bonchev–Trinajstić information content (AvgIpc) is 2.56. The van der Waals surface area contributed by atoms with Crippen LogP contribution in [0, 0.1) is 10.8 Å². The molecule has 23 heavy (non-hydrogen) atoms. The van der Waals surface area contributed by atoms with Gasteiger partial charge in [0.15, 0.2) is 0 Å². The molecule has 3 N–H and O–H groups in total. The monoisotopic (exact) mass is 334 g/mol. The predicted octanol–water partition coefficient (Wildman–Crippen LogP) is 2.37. The quantitative estimate of drug-likeness (QED) is 0.378. The van der Waals surface area contributed by atoms with Gasteiger partial charge in [0.2, 0.25) is 0 Å². The summed E-state index contributed by atoms with van der Waals surface area (Å²) in [6.07, 6.45) is 5.60. The van der Waals surface area contributed by atoms with Crippen molar-refractivity contribution >= 4 is 0 Å². The topological polar surface area (TPSA) is 79.2 Å². The van der Waals surface area contributed by atoms with E-state index in [-0.39, 0.29) is 19.8 Å². The van der Waals surface area contributed by atoms with Crippen LogP contribution in [0.1, 0.15) is 59.3 Å². The number of aliphatic hydroxyl groups is 3. The van der Waals surface area contributed by atoms with Gasteiger partial charge in [0, 0.05) is 31.8 Å². The summed E-state index contributed by atoms with van der Waals surface area (Å²) >= 11 is 0. The van der Waals surface area contributed by atoms with Crippen molar-refractivity contribution < 1.29 is 24.8 Å². The highest BCUT2D eigenvalue weighted by molar-refractivity contribution is 4.94. The summed E-state index contributed by atoms with van der Waals surface area (Å²) in [4.78, 5) is 0. The molecule has 0 saturated carbocycles. The Hall–Kier alpha value is -0.200. The van der Waals surface area contributed by atoms with Crippen molar-refractivity contribution in [2.75, 3.05) is 46.2 Å². The third-order valence-electron chi connectivity index (χ3n) is 5.07. The molecule has 0 aromatic carbocycles. The lowest BCUT2D eigenvalue weighted by Crippen LogP contribution is -2.50. The first kappa shape index (κ1) is 22.8. The highest BCUT2D eigenvalue weighted by atomic mass is 16.5. The van der Waals surface area contributed by atoms with Gasteiger partial charge in [0.05, 0.1) is 19.8 Å². The van der Waals surface area contributed by atoms with Crippen molar-refractivity contribution in [1.82, 2.24) is 0 Å². The summed E-state index contributed by atoms with van der Waals surface area (Å²) in [5.74, 6) is 0. The molecule has 0 spiro atoms. The molecule has 0 heterocycles. The Bertz CT molecular complexity index is 244. The predicted molar refractivity (Wildman–Crippen MR) is 92.5 cm³/mol. The number of ether oxygens (including phenoxy) is 2. The first-order valence-corrected chi connectivity index (χ1v) is 9.04. The van der Waals surface area contributed by atoms with Crippen LogP contribution in [0.2, 0.25) is 0 Å². The number of rotatable bonds is 16. The van der Waals surface area contributed by atoms with E-state index in [9.17, 15) is 15.3 Å². The second-order valence-electron chi connectivity index (χ2n) is 6.75. The molecule has 0 fully saturated rings. The van der Waals surface area contributed by atoms with Gasteiger partial charge in [-0.2, -0.15) is 0 Å². The van der Waals surface area contributed by atoms with Gasteiger partial charge < -0.3 is 24.8 Å². The maximum atomic E-state index is 9.79. The zero-order chi connectivity index (χ0) is 17.6. The van der Waals surface area contributed by atoms with Gasteiger partial charge in [0.1, 0.15) is 0 Å². The minimum Gasteiger partial charge on any atom is -0.396 e. The van der Waals surface area contributed by atoms with E-state index in [0.717, 1.165) is 38.9 Å². The highest BCUT2D eigenvalue weighted by Crippen LogP contribution is 2.44. The van der Waals surface area contributed by atoms with Crippen molar-refractivity contribution in [1.29, 1.82) is 0 Å². The summed E-state index contributed by atoms with van der Waals surface area (Å²) in [5, 5.41) is 29.4. The molecule has 0 aromatic rings. The van der Waals surface area contributed by atoms with E-state index in [0.29, 0.717) is 26.1 Å². The number of hydrogen-bond donors (Lipinski definition) is 3. The molecule has 5 heteroatoms. The Morgan fingerprint density at radius 1 is 0.696 bits per heavy atom. The van der Waals surface area contributed by atoms with E-state index >= 15 is 0 Å². The first-order chi connectivity index (χ1) is 11.1. The van der Waals surface area contributed by atoms with Crippen LogP contribution >= 0.6 is 0 Å². The molecule has 0 amide bonds. The fourth-order valence-electron chi connectivity index (χ4n) is 2.67. The molecule has 0 unspecified atom stereocenters. The van der Waals surface area contributed by atoms with Gasteiger partial charge in [-0.25, -0.2) is 0 Å². The van der Waals surface area contributed by atoms with E-state index in [1.54, 1.807) is 0 Å². The highest BCUT2D eigenvalue weighted by Gasteiger charge is 2.46. The van der Waals surface area contributed by atoms with E-state index in [1.807, 2.05) is 6.92 Å². The van der Waals surface area contributed by atoms with Gasteiger partial charge in [0.25, 0.3) is 0 Å². The van der Waals surface area contributed by atoms with Crippen molar-refractivity contribution in [3.63, 3.8) is 0 Å².